The number of rotatable bonds is 8. The molecule has 2 heteroatoms. The summed E-state index contributed by atoms with van der Waals surface area (Å²) in [5.74, 6) is 0. The van der Waals surface area contributed by atoms with E-state index in [9.17, 15) is 0 Å². The van der Waals surface area contributed by atoms with E-state index >= 15 is 0 Å². The van der Waals surface area contributed by atoms with E-state index in [4.69, 9.17) is 0 Å². The molecule has 0 aromatic carbocycles. The third-order valence-electron chi connectivity index (χ3n) is 4.29. The maximum absolute atomic E-state index is 2.44. The molecule has 2 unspecified atom stereocenters. The van der Waals surface area contributed by atoms with Gasteiger partial charge in [-0.2, -0.15) is 0 Å². The normalized spacial score (nSPS) is 28.0. The summed E-state index contributed by atoms with van der Waals surface area (Å²) < 4.78 is 1.19. The molecule has 0 saturated carbocycles. The smallest absolute Gasteiger partial charge is 0.165 e. The summed E-state index contributed by atoms with van der Waals surface area (Å²) >= 11 is 0. The van der Waals surface area contributed by atoms with Gasteiger partial charge in [0.25, 0.3) is 0 Å². The van der Waals surface area contributed by atoms with Gasteiger partial charge in [-0.1, -0.05) is 33.1 Å². The highest BCUT2D eigenvalue weighted by Gasteiger charge is 2.37. The highest BCUT2D eigenvalue weighted by molar-refractivity contribution is 4.84. The zero-order valence-corrected chi connectivity index (χ0v) is 12.3. The highest BCUT2D eigenvalue weighted by Crippen LogP contribution is 2.26. The largest absolute Gasteiger partial charge is 0.327 e. The van der Waals surface area contributed by atoms with Gasteiger partial charge in [0.05, 0.1) is 19.3 Å². The van der Waals surface area contributed by atoms with Gasteiger partial charge in [0, 0.05) is 14.0 Å². The molecule has 0 spiro atoms. The fourth-order valence-corrected chi connectivity index (χ4v) is 2.77. The van der Waals surface area contributed by atoms with Crippen LogP contribution in [0.25, 0.3) is 0 Å². The fraction of sp³-hybridized carbons (Fsp3) is 0.867. The van der Waals surface area contributed by atoms with Crippen molar-refractivity contribution in [3.63, 3.8) is 0 Å². The number of nitrogens with zero attached hydrogens (tertiary/aromatic N) is 2. The van der Waals surface area contributed by atoms with Crippen LogP contribution < -0.4 is 0 Å². The maximum atomic E-state index is 2.44. The van der Waals surface area contributed by atoms with Gasteiger partial charge >= 0.3 is 0 Å². The van der Waals surface area contributed by atoms with Crippen molar-refractivity contribution in [2.45, 2.75) is 65.5 Å². The molecule has 1 heterocycles. The number of hydrogen-bond acceptors (Lipinski definition) is 1. The molecule has 0 aromatic heterocycles. The number of quaternary nitrogens is 1. The summed E-state index contributed by atoms with van der Waals surface area (Å²) in [6.45, 7) is 9.58. The van der Waals surface area contributed by atoms with Crippen molar-refractivity contribution < 1.29 is 4.48 Å². The van der Waals surface area contributed by atoms with Gasteiger partial charge in [-0.15, -0.1) is 0 Å². The second kappa shape index (κ2) is 7.05. The molecule has 0 N–H and O–H groups in total. The lowest BCUT2D eigenvalue weighted by molar-refractivity contribution is -0.905. The summed E-state index contributed by atoms with van der Waals surface area (Å²) in [6.07, 6.45) is 13.5. The first kappa shape index (κ1) is 14.6. The lowest BCUT2D eigenvalue weighted by atomic mass is 10.1. The lowest BCUT2D eigenvalue weighted by Gasteiger charge is -2.38. The molecular weight excluding hydrogens is 208 g/mol. The predicted octanol–water partition coefficient (Wildman–Crippen LogP) is 3.95. The Morgan fingerprint density at radius 2 is 1.65 bits per heavy atom. The molecular formula is C15H31N2+. The van der Waals surface area contributed by atoms with Crippen LogP contribution in [0.5, 0.6) is 0 Å². The lowest BCUT2D eigenvalue weighted by Crippen LogP contribution is -2.52. The van der Waals surface area contributed by atoms with Crippen LogP contribution in [0, 0.1) is 0 Å². The molecule has 100 valence electrons. The average molecular weight is 239 g/mol. The Bertz CT molecular complexity index is 237. The van der Waals surface area contributed by atoms with Gasteiger partial charge in [-0.25, -0.2) is 0 Å². The first-order chi connectivity index (χ1) is 8.16. The standard InChI is InChI=1S/C15H31N2/c1-5-7-9-10-13-17(12-8-6-2)14-11-16(4)15(17)3/h11,14-15H,5-10,12-13H2,1-4H3/q+1. The summed E-state index contributed by atoms with van der Waals surface area (Å²) in [6, 6.07) is 0. The van der Waals surface area contributed by atoms with E-state index in [1.54, 1.807) is 0 Å². The minimum atomic E-state index is 0.628. The summed E-state index contributed by atoms with van der Waals surface area (Å²) in [5.41, 5.74) is 0. The van der Waals surface area contributed by atoms with Crippen molar-refractivity contribution in [3.8, 4) is 0 Å². The third kappa shape index (κ3) is 3.74. The van der Waals surface area contributed by atoms with E-state index in [0.717, 1.165) is 0 Å². The Morgan fingerprint density at radius 3 is 2.18 bits per heavy atom. The zero-order chi connectivity index (χ0) is 12.7. The molecule has 0 bridgehead atoms. The van der Waals surface area contributed by atoms with E-state index in [1.807, 2.05) is 0 Å². The van der Waals surface area contributed by atoms with Crippen molar-refractivity contribution in [2.24, 2.45) is 0 Å². The summed E-state index contributed by atoms with van der Waals surface area (Å²) in [7, 11) is 2.21. The number of unbranched alkanes of at least 4 members (excludes halogenated alkanes) is 4. The Balaban J connectivity index is 2.51. The molecule has 0 amide bonds. The minimum absolute atomic E-state index is 0.628. The molecule has 0 radical (unpaired) electrons. The molecule has 0 fully saturated rings. The summed E-state index contributed by atoms with van der Waals surface area (Å²) in [5, 5.41) is 0. The second-order valence-corrected chi connectivity index (χ2v) is 5.56. The predicted molar refractivity (Wildman–Crippen MR) is 75.4 cm³/mol. The first-order valence-electron chi connectivity index (χ1n) is 7.44. The summed E-state index contributed by atoms with van der Waals surface area (Å²) in [4.78, 5) is 2.37. The van der Waals surface area contributed by atoms with Gasteiger partial charge in [0.2, 0.25) is 0 Å². The van der Waals surface area contributed by atoms with Gasteiger partial charge < -0.3 is 4.90 Å². The Labute approximate surface area is 108 Å². The average Bonchev–Trinajstić information content (AvgIpc) is 2.61. The van der Waals surface area contributed by atoms with E-state index < -0.39 is 0 Å². The molecule has 17 heavy (non-hydrogen) atoms. The minimum Gasteiger partial charge on any atom is -0.327 e. The van der Waals surface area contributed by atoms with Crippen molar-refractivity contribution in [3.05, 3.63) is 12.4 Å². The van der Waals surface area contributed by atoms with E-state index in [-0.39, 0.29) is 0 Å². The van der Waals surface area contributed by atoms with Crippen molar-refractivity contribution in [1.29, 1.82) is 0 Å². The van der Waals surface area contributed by atoms with E-state index in [0.29, 0.717) is 6.17 Å². The van der Waals surface area contributed by atoms with Crippen LogP contribution in [-0.4, -0.2) is 35.7 Å². The number of hydrogen-bond donors (Lipinski definition) is 0. The quantitative estimate of drug-likeness (QED) is 0.458. The van der Waals surface area contributed by atoms with Crippen LogP contribution in [0.15, 0.2) is 12.4 Å². The Kier molecular flexibility index (Phi) is 6.04. The first-order valence-corrected chi connectivity index (χ1v) is 7.44. The second-order valence-electron chi connectivity index (χ2n) is 5.56. The topological polar surface area (TPSA) is 3.24 Å². The molecule has 0 aromatic rings. The fourth-order valence-electron chi connectivity index (χ4n) is 2.77. The third-order valence-corrected chi connectivity index (χ3v) is 4.29. The van der Waals surface area contributed by atoms with Crippen LogP contribution in [0.1, 0.15) is 59.3 Å². The van der Waals surface area contributed by atoms with Crippen LogP contribution in [-0.2, 0) is 0 Å². The van der Waals surface area contributed by atoms with E-state index in [2.05, 4.69) is 45.1 Å². The van der Waals surface area contributed by atoms with Crippen LogP contribution in [0.3, 0.4) is 0 Å². The Hall–Kier alpha value is -0.500. The van der Waals surface area contributed by atoms with Crippen molar-refractivity contribution in [1.82, 2.24) is 4.90 Å². The van der Waals surface area contributed by atoms with Gasteiger partial charge in [0.15, 0.2) is 6.17 Å². The van der Waals surface area contributed by atoms with Crippen molar-refractivity contribution in [2.75, 3.05) is 20.1 Å². The van der Waals surface area contributed by atoms with E-state index in [1.165, 1.54) is 56.1 Å². The van der Waals surface area contributed by atoms with Gasteiger partial charge in [-0.3, -0.25) is 4.48 Å². The van der Waals surface area contributed by atoms with Gasteiger partial charge in [-0.05, 0) is 19.3 Å². The molecule has 1 rings (SSSR count). The van der Waals surface area contributed by atoms with Gasteiger partial charge in [0.1, 0.15) is 6.20 Å². The Morgan fingerprint density at radius 1 is 1.00 bits per heavy atom. The molecule has 2 atom stereocenters. The molecule has 1 aliphatic heterocycles. The van der Waals surface area contributed by atoms with Crippen LogP contribution >= 0.6 is 0 Å². The van der Waals surface area contributed by atoms with Crippen LogP contribution in [0.2, 0.25) is 0 Å². The molecule has 1 aliphatic rings. The SMILES string of the molecule is CCCCCC[N+]1(CCCC)C=CN(C)C1C. The zero-order valence-electron chi connectivity index (χ0n) is 12.3. The molecule has 2 nitrogen and oxygen atoms in total. The van der Waals surface area contributed by atoms with Crippen molar-refractivity contribution >= 4 is 0 Å². The maximum Gasteiger partial charge on any atom is 0.165 e. The highest BCUT2D eigenvalue weighted by atomic mass is 15.5. The monoisotopic (exact) mass is 239 g/mol. The molecule has 0 saturated heterocycles. The molecule has 0 aliphatic carbocycles. The van der Waals surface area contributed by atoms with Crippen LogP contribution in [0.4, 0.5) is 0 Å².